The number of carbonyl (C=O) groups is 1. The van der Waals surface area contributed by atoms with Crippen LogP contribution in [0.1, 0.15) is 35.8 Å². The number of aromatic nitrogens is 3. The number of aliphatic carboxylic acids is 1. The second-order valence-electron chi connectivity index (χ2n) is 6.18. The van der Waals surface area contributed by atoms with Gasteiger partial charge in [-0.05, 0) is 44.5 Å². The van der Waals surface area contributed by atoms with Crippen molar-refractivity contribution in [1.29, 1.82) is 0 Å². The Morgan fingerprint density at radius 2 is 2.26 bits per heavy atom. The van der Waals surface area contributed by atoms with Crippen molar-refractivity contribution >= 4 is 5.97 Å². The zero-order valence-electron chi connectivity index (χ0n) is 13.4. The van der Waals surface area contributed by atoms with Gasteiger partial charge in [0.15, 0.2) is 0 Å². The molecule has 1 aliphatic rings. The van der Waals surface area contributed by atoms with Gasteiger partial charge in [-0.1, -0.05) is 6.07 Å². The van der Waals surface area contributed by atoms with Crippen LogP contribution in [-0.2, 0) is 17.9 Å². The van der Waals surface area contributed by atoms with Crippen molar-refractivity contribution in [2.75, 3.05) is 13.1 Å². The van der Waals surface area contributed by atoms with E-state index in [1.165, 1.54) is 4.68 Å². The normalized spacial score (nSPS) is 18.9. The van der Waals surface area contributed by atoms with Gasteiger partial charge in [0.1, 0.15) is 6.54 Å². The second kappa shape index (κ2) is 6.91. The summed E-state index contributed by atoms with van der Waals surface area (Å²) in [6.45, 7) is 4.80. The van der Waals surface area contributed by atoms with Crippen LogP contribution in [-0.4, -0.2) is 43.8 Å². The molecule has 0 bridgehead atoms. The number of carboxylic acids is 1. The highest BCUT2D eigenvalue weighted by Gasteiger charge is 2.23. The largest absolute Gasteiger partial charge is 0.480 e. The lowest BCUT2D eigenvalue weighted by atomic mass is 9.95. The minimum Gasteiger partial charge on any atom is -0.480 e. The molecule has 0 radical (unpaired) electrons. The fraction of sp³-hybridized carbons (Fsp3) is 0.471. The van der Waals surface area contributed by atoms with E-state index in [0.717, 1.165) is 49.6 Å². The summed E-state index contributed by atoms with van der Waals surface area (Å²) in [5.74, 6) is -0.501. The van der Waals surface area contributed by atoms with Crippen LogP contribution >= 0.6 is 0 Å². The standard InChI is InChI=1S/C17H22N4O2/c1-13-4-2-6-15(18-13)11-20-8-3-5-14(10-20)16-7-9-21(19-16)12-17(22)23/h2,4,6-7,9,14H,3,5,8,10-12H2,1H3,(H,22,23)/t14-/m0/s1. The highest BCUT2D eigenvalue weighted by molar-refractivity contribution is 5.66. The zero-order valence-corrected chi connectivity index (χ0v) is 13.4. The molecule has 1 aliphatic heterocycles. The molecule has 1 N–H and O–H groups in total. The SMILES string of the molecule is Cc1cccc(CN2CCC[C@H](c3ccn(CC(=O)O)n3)C2)n1. The van der Waals surface area contributed by atoms with Crippen LogP contribution in [0.25, 0.3) is 0 Å². The molecule has 1 atom stereocenters. The van der Waals surface area contributed by atoms with E-state index < -0.39 is 5.97 Å². The summed E-state index contributed by atoms with van der Waals surface area (Å²) in [5, 5.41) is 13.3. The second-order valence-corrected chi connectivity index (χ2v) is 6.18. The molecule has 122 valence electrons. The maximum atomic E-state index is 10.8. The highest BCUT2D eigenvalue weighted by atomic mass is 16.4. The van der Waals surface area contributed by atoms with Gasteiger partial charge in [-0.15, -0.1) is 0 Å². The maximum Gasteiger partial charge on any atom is 0.325 e. The Balaban J connectivity index is 1.63. The van der Waals surface area contributed by atoms with Gasteiger partial charge in [0.05, 0.1) is 11.4 Å². The Hall–Kier alpha value is -2.21. The maximum absolute atomic E-state index is 10.8. The molecule has 2 aromatic rings. The molecular weight excluding hydrogens is 292 g/mol. The summed E-state index contributed by atoms with van der Waals surface area (Å²) in [7, 11) is 0. The molecule has 6 heteroatoms. The van der Waals surface area contributed by atoms with Gasteiger partial charge < -0.3 is 5.11 Å². The number of nitrogens with zero attached hydrogens (tertiary/aromatic N) is 4. The number of likely N-dealkylation sites (tertiary alicyclic amines) is 1. The van der Waals surface area contributed by atoms with Crippen molar-refractivity contribution in [2.45, 2.75) is 38.8 Å². The topological polar surface area (TPSA) is 71.2 Å². The zero-order chi connectivity index (χ0) is 16.2. The van der Waals surface area contributed by atoms with Gasteiger partial charge in [-0.2, -0.15) is 5.10 Å². The van der Waals surface area contributed by atoms with E-state index in [0.29, 0.717) is 5.92 Å². The third-order valence-corrected chi connectivity index (χ3v) is 4.21. The lowest BCUT2D eigenvalue weighted by Crippen LogP contribution is -2.34. The Kier molecular flexibility index (Phi) is 4.71. The molecule has 0 spiro atoms. The van der Waals surface area contributed by atoms with Gasteiger partial charge in [0.2, 0.25) is 0 Å². The Labute approximate surface area is 135 Å². The van der Waals surface area contributed by atoms with Crippen molar-refractivity contribution < 1.29 is 9.90 Å². The fourth-order valence-electron chi connectivity index (χ4n) is 3.18. The molecule has 2 aromatic heterocycles. The van der Waals surface area contributed by atoms with Crippen molar-refractivity contribution in [2.24, 2.45) is 0 Å². The number of carboxylic acid groups (broad SMARTS) is 1. The number of hydrogen-bond donors (Lipinski definition) is 1. The van der Waals surface area contributed by atoms with Gasteiger partial charge >= 0.3 is 5.97 Å². The predicted octanol–water partition coefficient (Wildman–Crippen LogP) is 2.05. The summed E-state index contributed by atoms with van der Waals surface area (Å²) in [6, 6.07) is 8.07. The van der Waals surface area contributed by atoms with Crippen LogP contribution in [0.3, 0.4) is 0 Å². The smallest absolute Gasteiger partial charge is 0.325 e. The molecule has 1 saturated heterocycles. The van der Waals surface area contributed by atoms with Crippen molar-refractivity contribution in [1.82, 2.24) is 19.7 Å². The quantitative estimate of drug-likeness (QED) is 0.914. The van der Waals surface area contributed by atoms with Gasteiger partial charge in [0.25, 0.3) is 0 Å². The third kappa shape index (κ3) is 4.16. The van der Waals surface area contributed by atoms with E-state index in [-0.39, 0.29) is 6.54 Å². The van der Waals surface area contributed by atoms with Crippen molar-refractivity contribution in [3.8, 4) is 0 Å². The molecular formula is C17H22N4O2. The lowest BCUT2D eigenvalue weighted by Gasteiger charge is -2.31. The number of rotatable bonds is 5. The molecule has 0 aromatic carbocycles. The average Bonchev–Trinajstić information content (AvgIpc) is 2.95. The van der Waals surface area contributed by atoms with E-state index in [1.54, 1.807) is 6.20 Å². The Morgan fingerprint density at radius 3 is 3.04 bits per heavy atom. The molecule has 3 heterocycles. The monoisotopic (exact) mass is 314 g/mol. The lowest BCUT2D eigenvalue weighted by molar-refractivity contribution is -0.137. The van der Waals surface area contributed by atoms with Gasteiger partial charge in [-0.25, -0.2) is 0 Å². The predicted molar refractivity (Wildman–Crippen MR) is 86.1 cm³/mol. The first-order chi connectivity index (χ1) is 11.1. The molecule has 1 fully saturated rings. The fourth-order valence-corrected chi connectivity index (χ4v) is 3.18. The van der Waals surface area contributed by atoms with E-state index in [9.17, 15) is 4.79 Å². The summed E-state index contributed by atoms with van der Waals surface area (Å²) >= 11 is 0. The van der Waals surface area contributed by atoms with E-state index in [1.807, 2.05) is 25.1 Å². The molecule has 3 rings (SSSR count). The average molecular weight is 314 g/mol. The summed E-state index contributed by atoms with van der Waals surface area (Å²) in [5.41, 5.74) is 3.14. The summed E-state index contributed by atoms with van der Waals surface area (Å²) in [4.78, 5) is 17.7. The van der Waals surface area contributed by atoms with Gasteiger partial charge in [-0.3, -0.25) is 19.4 Å². The minimum absolute atomic E-state index is 0.0797. The molecule has 0 aliphatic carbocycles. The number of piperidine rings is 1. The first kappa shape index (κ1) is 15.7. The van der Waals surface area contributed by atoms with Crippen LogP contribution in [0, 0.1) is 6.92 Å². The molecule has 6 nitrogen and oxygen atoms in total. The van der Waals surface area contributed by atoms with Crippen molar-refractivity contribution in [3.05, 3.63) is 47.5 Å². The summed E-state index contributed by atoms with van der Waals surface area (Å²) < 4.78 is 1.50. The van der Waals surface area contributed by atoms with E-state index >= 15 is 0 Å². The molecule has 0 unspecified atom stereocenters. The first-order valence-electron chi connectivity index (χ1n) is 8.00. The number of pyridine rings is 1. The van der Waals surface area contributed by atoms with Crippen LogP contribution < -0.4 is 0 Å². The molecule has 0 saturated carbocycles. The van der Waals surface area contributed by atoms with Crippen LogP contribution in [0.5, 0.6) is 0 Å². The Bertz CT molecular complexity index is 683. The van der Waals surface area contributed by atoms with Crippen molar-refractivity contribution in [3.63, 3.8) is 0 Å². The molecule has 23 heavy (non-hydrogen) atoms. The Morgan fingerprint density at radius 1 is 1.39 bits per heavy atom. The first-order valence-corrected chi connectivity index (χ1v) is 8.00. The van der Waals surface area contributed by atoms with Crippen LogP contribution in [0.2, 0.25) is 0 Å². The van der Waals surface area contributed by atoms with Crippen LogP contribution in [0.15, 0.2) is 30.5 Å². The third-order valence-electron chi connectivity index (χ3n) is 4.21. The van der Waals surface area contributed by atoms with Crippen LogP contribution in [0.4, 0.5) is 0 Å². The summed E-state index contributed by atoms with van der Waals surface area (Å²) in [6.07, 6.45) is 3.98. The van der Waals surface area contributed by atoms with Gasteiger partial charge in [0, 0.05) is 30.9 Å². The van der Waals surface area contributed by atoms with E-state index in [2.05, 4.69) is 21.0 Å². The number of aryl methyl sites for hydroxylation is 1. The number of hydrogen-bond acceptors (Lipinski definition) is 4. The highest BCUT2D eigenvalue weighted by Crippen LogP contribution is 2.26. The molecule has 0 amide bonds. The minimum atomic E-state index is -0.865. The van der Waals surface area contributed by atoms with E-state index in [4.69, 9.17) is 5.11 Å².